The van der Waals surface area contributed by atoms with Crippen molar-refractivity contribution in [3.63, 3.8) is 0 Å². The first-order chi connectivity index (χ1) is 21.3. The summed E-state index contributed by atoms with van der Waals surface area (Å²) in [7, 11) is 0. The number of hydrogen-bond donors (Lipinski definition) is 4. The average Bonchev–Trinajstić information content (AvgIpc) is 3.82. The third kappa shape index (κ3) is 5.32. The van der Waals surface area contributed by atoms with Crippen LogP contribution in [0.15, 0.2) is 36.4 Å². The molecule has 0 spiro atoms. The Hall–Kier alpha value is -4.63. The molecule has 0 radical (unpaired) electrons. The molecule has 3 amide bonds. The van der Waals surface area contributed by atoms with Crippen LogP contribution in [-0.2, 0) is 23.1 Å². The summed E-state index contributed by atoms with van der Waals surface area (Å²) >= 11 is 0. The van der Waals surface area contributed by atoms with Crippen LogP contribution < -0.4 is 16.8 Å². The highest BCUT2D eigenvalue weighted by atomic mass is 16.2. The highest BCUT2D eigenvalue weighted by Gasteiger charge is 2.47. The van der Waals surface area contributed by atoms with Gasteiger partial charge in [-0.3, -0.25) is 14.4 Å². The van der Waals surface area contributed by atoms with Gasteiger partial charge in [-0.2, -0.15) is 10.5 Å². The molecule has 2 aromatic carbocycles. The molecule has 6 rings (SSSR count). The summed E-state index contributed by atoms with van der Waals surface area (Å²) in [4.78, 5) is 39.5. The van der Waals surface area contributed by atoms with Crippen molar-refractivity contribution in [3.8, 4) is 6.07 Å². The fourth-order valence-corrected chi connectivity index (χ4v) is 7.66. The molecule has 1 saturated heterocycles. The highest BCUT2D eigenvalue weighted by molar-refractivity contribution is 5.94. The van der Waals surface area contributed by atoms with E-state index in [0.717, 1.165) is 54.4 Å². The molecule has 1 aromatic heterocycles. The molecule has 228 valence electrons. The van der Waals surface area contributed by atoms with Crippen molar-refractivity contribution in [2.24, 2.45) is 17.4 Å². The minimum absolute atomic E-state index is 0.0791. The van der Waals surface area contributed by atoms with Gasteiger partial charge < -0.3 is 21.7 Å². The Labute approximate surface area is 255 Å². The number of benzene rings is 2. The molecule has 12 heteroatoms. The van der Waals surface area contributed by atoms with Gasteiger partial charge in [-0.05, 0) is 97.4 Å². The van der Waals surface area contributed by atoms with Crippen LogP contribution in [0, 0.1) is 17.2 Å². The Morgan fingerprint density at radius 2 is 1.64 bits per heavy atom. The number of primary amides is 2. The van der Waals surface area contributed by atoms with Gasteiger partial charge in [-0.15, -0.1) is 10.2 Å². The lowest BCUT2D eigenvalue weighted by Gasteiger charge is -2.39. The number of H-pyrrole nitrogens is 1. The Morgan fingerprint density at radius 3 is 2.18 bits per heavy atom. The van der Waals surface area contributed by atoms with Crippen molar-refractivity contribution in [2.45, 2.75) is 75.3 Å². The van der Waals surface area contributed by atoms with Gasteiger partial charge in [0.1, 0.15) is 6.04 Å². The van der Waals surface area contributed by atoms with Crippen LogP contribution in [-0.4, -0.2) is 68.4 Å². The van der Waals surface area contributed by atoms with Gasteiger partial charge >= 0.3 is 0 Å². The van der Waals surface area contributed by atoms with E-state index >= 15 is 0 Å². The van der Waals surface area contributed by atoms with Crippen LogP contribution in [0.4, 0.5) is 0 Å². The van der Waals surface area contributed by atoms with Crippen molar-refractivity contribution in [2.75, 3.05) is 13.1 Å². The predicted molar refractivity (Wildman–Crippen MR) is 160 cm³/mol. The lowest BCUT2D eigenvalue weighted by atomic mass is 9.66. The molecule has 2 aliphatic carbocycles. The van der Waals surface area contributed by atoms with Crippen molar-refractivity contribution in [1.82, 2.24) is 30.8 Å². The fraction of sp³-hybridized carbons (Fsp3) is 0.469. The lowest BCUT2D eigenvalue weighted by Crippen LogP contribution is -2.48. The van der Waals surface area contributed by atoms with Crippen LogP contribution in [0.3, 0.4) is 0 Å². The molecule has 6 N–H and O–H groups in total. The summed E-state index contributed by atoms with van der Waals surface area (Å²) in [6, 6.07) is 12.8. The minimum atomic E-state index is -0.938. The quantitative estimate of drug-likeness (QED) is 0.287. The molecule has 2 heterocycles. The summed E-state index contributed by atoms with van der Waals surface area (Å²) in [5, 5.41) is 28.9. The standard InChI is InChI=1S/C32H37N9O3/c33-17-24-6-3-13-41(24)28(42)18-36-27(19-4-1-2-5-19)16-32(31-37-39-40-38-31)25-11-9-22(29(34)43)14-20(25)7-8-21-15-23(30(35)44)10-12-26(21)32/h9-12,14-15,19,24,27,36H,1-8,13,16,18H2,(H2,34,43)(H2,35,44)(H,37,38,39,40)/t24-,27+/m0/s1. The summed E-state index contributed by atoms with van der Waals surface area (Å²) < 4.78 is 0. The van der Waals surface area contributed by atoms with E-state index in [9.17, 15) is 19.6 Å². The normalized spacial score (nSPS) is 19.9. The molecule has 2 atom stereocenters. The van der Waals surface area contributed by atoms with Crippen LogP contribution in [0.1, 0.15) is 93.7 Å². The Bertz CT molecular complexity index is 1540. The molecule has 1 aliphatic heterocycles. The van der Waals surface area contributed by atoms with Crippen LogP contribution >= 0.6 is 0 Å². The van der Waals surface area contributed by atoms with Gasteiger partial charge in [-0.25, -0.2) is 0 Å². The van der Waals surface area contributed by atoms with E-state index in [1.165, 1.54) is 0 Å². The van der Waals surface area contributed by atoms with Gasteiger partial charge in [0.25, 0.3) is 0 Å². The second kappa shape index (κ2) is 12.2. The molecule has 3 aromatic rings. The number of aryl methyl sites for hydroxylation is 2. The maximum absolute atomic E-state index is 13.4. The third-order valence-electron chi connectivity index (χ3n) is 9.82. The number of amides is 3. The number of aromatic amines is 1. The van der Waals surface area contributed by atoms with Crippen LogP contribution in [0.25, 0.3) is 0 Å². The largest absolute Gasteiger partial charge is 0.366 e. The molecular weight excluding hydrogens is 558 g/mol. The number of fused-ring (bicyclic) bond motifs is 2. The number of nitrogens with one attached hydrogen (secondary N) is 2. The van der Waals surface area contributed by atoms with Gasteiger partial charge in [0.15, 0.2) is 5.82 Å². The average molecular weight is 596 g/mol. The number of carbonyl (C=O) groups excluding carboxylic acids is 3. The molecule has 3 aliphatic rings. The topological polar surface area (TPSA) is 197 Å². The Balaban J connectivity index is 1.48. The maximum atomic E-state index is 13.4. The number of nitrogens with two attached hydrogens (primary N) is 2. The van der Waals surface area contributed by atoms with Crippen LogP contribution in [0.2, 0.25) is 0 Å². The van der Waals surface area contributed by atoms with E-state index in [1.54, 1.807) is 17.0 Å². The number of hydrogen-bond acceptors (Lipinski definition) is 8. The number of likely N-dealkylation sites (tertiary alicyclic amines) is 1. The summed E-state index contributed by atoms with van der Waals surface area (Å²) in [5.74, 6) is -0.359. The van der Waals surface area contributed by atoms with E-state index in [2.05, 4.69) is 32.0 Å². The zero-order valence-corrected chi connectivity index (χ0v) is 24.6. The summed E-state index contributed by atoms with van der Waals surface area (Å²) in [5.41, 5.74) is 15.0. The van der Waals surface area contributed by atoms with Gasteiger partial charge in [0, 0.05) is 23.7 Å². The second-order valence-electron chi connectivity index (χ2n) is 12.2. The molecule has 12 nitrogen and oxygen atoms in total. The Kier molecular flexibility index (Phi) is 8.14. The first kappa shape index (κ1) is 29.4. The van der Waals surface area contributed by atoms with Crippen molar-refractivity contribution in [1.29, 1.82) is 5.26 Å². The first-order valence-corrected chi connectivity index (χ1v) is 15.3. The number of rotatable bonds is 9. The number of nitrogens with zero attached hydrogens (tertiary/aromatic N) is 5. The molecular formula is C32H37N9O3. The SMILES string of the molecule is N#C[C@@H]1CCCN1C(=O)CN[C@H](CC1(c2nn[nH]n2)c2ccc(C(N)=O)cc2CCc2cc(C(N)=O)ccc21)C1CCCC1. The Morgan fingerprint density at radius 1 is 1.00 bits per heavy atom. The third-order valence-corrected chi connectivity index (χ3v) is 9.82. The monoisotopic (exact) mass is 595 g/mol. The first-order valence-electron chi connectivity index (χ1n) is 15.3. The highest BCUT2D eigenvalue weighted by Crippen LogP contribution is 2.48. The smallest absolute Gasteiger partial charge is 0.248 e. The van der Waals surface area contributed by atoms with Gasteiger partial charge in [0.05, 0.1) is 18.0 Å². The number of carbonyl (C=O) groups is 3. The lowest BCUT2D eigenvalue weighted by molar-refractivity contribution is -0.130. The van der Waals surface area contributed by atoms with Crippen molar-refractivity contribution in [3.05, 3.63) is 75.6 Å². The van der Waals surface area contributed by atoms with E-state index in [0.29, 0.717) is 55.1 Å². The van der Waals surface area contributed by atoms with Gasteiger partial charge in [0.2, 0.25) is 17.7 Å². The summed E-state index contributed by atoms with van der Waals surface area (Å²) in [6.07, 6.45) is 7.44. The van der Waals surface area contributed by atoms with E-state index in [1.807, 2.05) is 24.3 Å². The van der Waals surface area contributed by atoms with E-state index < -0.39 is 17.2 Å². The molecule has 1 saturated carbocycles. The zero-order chi connectivity index (χ0) is 30.8. The van der Waals surface area contributed by atoms with E-state index in [4.69, 9.17) is 11.5 Å². The minimum Gasteiger partial charge on any atom is -0.366 e. The zero-order valence-electron chi connectivity index (χ0n) is 24.6. The number of tetrazole rings is 1. The second-order valence-corrected chi connectivity index (χ2v) is 12.2. The fourth-order valence-electron chi connectivity index (χ4n) is 7.66. The van der Waals surface area contributed by atoms with E-state index in [-0.39, 0.29) is 24.5 Å². The van der Waals surface area contributed by atoms with Gasteiger partial charge in [-0.1, -0.05) is 30.2 Å². The molecule has 0 bridgehead atoms. The molecule has 2 fully saturated rings. The van der Waals surface area contributed by atoms with Crippen LogP contribution in [0.5, 0.6) is 0 Å². The number of nitriles is 1. The predicted octanol–water partition coefficient (Wildman–Crippen LogP) is 1.88. The van der Waals surface area contributed by atoms with Crippen molar-refractivity contribution < 1.29 is 14.4 Å². The van der Waals surface area contributed by atoms with Crippen molar-refractivity contribution >= 4 is 17.7 Å². The number of aromatic nitrogens is 4. The molecule has 0 unspecified atom stereocenters. The summed E-state index contributed by atoms with van der Waals surface area (Å²) in [6.45, 7) is 0.702. The molecule has 44 heavy (non-hydrogen) atoms. The maximum Gasteiger partial charge on any atom is 0.248 e.